The molecule has 0 atom stereocenters. The summed E-state index contributed by atoms with van der Waals surface area (Å²) in [6.45, 7) is 0. The molecule has 0 saturated carbocycles. The van der Waals surface area contributed by atoms with Crippen LogP contribution in [0.4, 0.5) is 0 Å². The predicted molar refractivity (Wildman–Crippen MR) is 128 cm³/mol. The fraction of sp³-hybridized carbons (Fsp3) is 0.138. The molecule has 1 aliphatic carbocycles. The molecule has 0 radical (unpaired) electrons. The summed E-state index contributed by atoms with van der Waals surface area (Å²) in [6.07, 6.45) is 4.67. The second kappa shape index (κ2) is 7.55. The maximum absolute atomic E-state index is 6.10. The van der Waals surface area contributed by atoms with Gasteiger partial charge in [-0.25, -0.2) is 4.98 Å². The highest BCUT2D eigenvalue weighted by Crippen LogP contribution is 2.39. The molecule has 2 heteroatoms. The molecule has 31 heavy (non-hydrogen) atoms. The van der Waals surface area contributed by atoms with E-state index in [0.717, 1.165) is 41.1 Å². The van der Waals surface area contributed by atoms with Crippen molar-refractivity contribution < 1.29 is 4.74 Å². The second-order valence-electron chi connectivity index (χ2n) is 8.25. The van der Waals surface area contributed by atoms with Gasteiger partial charge in [-0.1, -0.05) is 60.7 Å². The molecular formula is C29H23NO. The lowest BCUT2D eigenvalue weighted by Crippen LogP contribution is -2.08. The maximum Gasteiger partial charge on any atom is 0.128 e. The number of rotatable bonds is 3. The van der Waals surface area contributed by atoms with Gasteiger partial charge in [0.25, 0.3) is 0 Å². The van der Waals surface area contributed by atoms with Gasteiger partial charge in [0.15, 0.2) is 0 Å². The van der Waals surface area contributed by atoms with Crippen molar-refractivity contribution >= 4 is 21.7 Å². The van der Waals surface area contributed by atoms with E-state index in [-0.39, 0.29) is 0 Å². The minimum Gasteiger partial charge on any atom is -0.457 e. The van der Waals surface area contributed by atoms with Crippen LogP contribution in [0.2, 0.25) is 0 Å². The molecule has 4 aromatic carbocycles. The molecule has 150 valence electrons. The predicted octanol–water partition coefficient (Wildman–Crippen LogP) is 7.73. The summed E-state index contributed by atoms with van der Waals surface area (Å²) in [5.74, 6) is 1.69. The van der Waals surface area contributed by atoms with E-state index in [2.05, 4.69) is 54.6 Å². The summed E-state index contributed by atoms with van der Waals surface area (Å²) in [6, 6.07) is 31.3. The SMILES string of the molecule is c1ccc(Oc2cccc(-c3nc4ccc5ccccc5c4c4c3CCCC4)c2)cc1. The molecule has 0 unspecified atom stereocenters. The number of ether oxygens (including phenoxy) is 1. The third-order valence-electron chi connectivity index (χ3n) is 6.28. The lowest BCUT2D eigenvalue weighted by Gasteiger charge is -2.22. The minimum absolute atomic E-state index is 0.841. The van der Waals surface area contributed by atoms with Gasteiger partial charge in [-0.05, 0) is 77.9 Å². The van der Waals surface area contributed by atoms with Crippen molar-refractivity contribution in [2.45, 2.75) is 25.7 Å². The fourth-order valence-corrected chi connectivity index (χ4v) is 4.87. The molecular weight excluding hydrogens is 378 g/mol. The molecule has 1 aliphatic rings. The number of nitrogens with zero attached hydrogens (tertiary/aromatic N) is 1. The zero-order chi connectivity index (χ0) is 20.6. The molecule has 1 aromatic heterocycles. The van der Waals surface area contributed by atoms with Crippen LogP contribution in [0, 0.1) is 0 Å². The molecule has 0 aliphatic heterocycles. The first-order valence-corrected chi connectivity index (χ1v) is 11.0. The van der Waals surface area contributed by atoms with Crippen LogP contribution in [-0.4, -0.2) is 4.98 Å². The number of para-hydroxylation sites is 1. The normalized spacial score (nSPS) is 13.3. The zero-order valence-electron chi connectivity index (χ0n) is 17.3. The van der Waals surface area contributed by atoms with Gasteiger partial charge < -0.3 is 4.74 Å². The van der Waals surface area contributed by atoms with Gasteiger partial charge in [0.2, 0.25) is 0 Å². The lowest BCUT2D eigenvalue weighted by molar-refractivity contribution is 0.483. The summed E-state index contributed by atoms with van der Waals surface area (Å²) >= 11 is 0. The van der Waals surface area contributed by atoms with E-state index < -0.39 is 0 Å². The molecule has 5 aromatic rings. The van der Waals surface area contributed by atoms with Crippen LogP contribution in [0.1, 0.15) is 24.0 Å². The first-order valence-electron chi connectivity index (χ1n) is 11.0. The van der Waals surface area contributed by atoms with Crippen molar-refractivity contribution in [1.82, 2.24) is 4.98 Å². The van der Waals surface area contributed by atoms with Crippen LogP contribution in [0.25, 0.3) is 32.9 Å². The highest BCUT2D eigenvalue weighted by atomic mass is 16.5. The van der Waals surface area contributed by atoms with Crippen LogP contribution in [0.5, 0.6) is 11.5 Å². The van der Waals surface area contributed by atoms with Crippen LogP contribution in [0.15, 0.2) is 91.0 Å². The van der Waals surface area contributed by atoms with Crippen molar-refractivity contribution in [3.05, 3.63) is 102 Å². The highest BCUT2D eigenvalue weighted by molar-refractivity contribution is 6.09. The Hall–Kier alpha value is -3.65. The molecule has 0 fully saturated rings. The average Bonchev–Trinajstić information content (AvgIpc) is 2.84. The van der Waals surface area contributed by atoms with Gasteiger partial charge in [-0.15, -0.1) is 0 Å². The lowest BCUT2D eigenvalue weighted by atomic mass is 9.85. The molecule has 2 nitrogen and oxygen atoms in total. The average molecular weight is 402 g/mol. The number of hydrogen-bond acceptors (Lipinski definition) is 2. The monoisotopic (exact) mass is 401 g/mol. The van der Waals surface area contributed by atoms with Gasteiger partial charge in [-0.3, -0.25) is 0 Å². The fourth-order valence-electron chi connectivity index (χ4n) is 4.87. The first kappa shape index (κ1) is 18.1. The number of fused-ring (bicyclic) bond motifs is 5. The van der Waals surface area contributed by atoms with Gasteiger partial charge in [-0.2, -0.15) is 0 Å². The summed E-state index contributed by atoms with van der Waals surface area (Å²) < 4.78 is 6.10. The standard InChI is InChI=1S/C29H23NO/c1-2-11-22(12-3-1)31-23-13-8-10-21(19-23)29-26-16-7-6-15-25(26)28-24-14-5-4-9-20(24)17-18-27(28)30-29/h1-5,8-14,17-19H,6-7,15-16H2. The van der Waals surface area contributed by atoms with E-state index in [1.165, 1.54) is 40.1 Å². The van der Waals surface area contributed by atoms with Crippen LogP contribution >= 0.6 is 0 Å². The molecule has 1 heterocycles. The van der Waals surface area contributed by atoms with E-state index in [0.29, 0.717) is 0 Å². The summed E-state index contributed by atoms with van der Waals surface area (Å²) in [5.41, 5.74) is 6.21. The van der Waals surface area contributed by atoms with Crippen molar-refractivity contribution in [2.24, 2.45) is 0 Å². The summed E-state index contributed by atoms with van der Waals surface area (Å²) in [4.78, 5) is 5.20. The van der Waals surface area contributed by atoms with Crippen molar-refractivity contribution in [3.8, 4) is 22.8 Å². The van der Waals surface area contributed by atoms with E-state index >= 15 is 0 Å². The molecule has 0 amide bonds. The van der Waals surface area contributed by atoms with E-state index in [1.54, 1.807) is 0 Å². The first-order chi connectivity index (χ1) is 15.4. The Morgan fingerprint density at radius 3 is 2.32 bits per heavy atom. The Morgan fingerprint density at radius 2 is 1.42 bits per heavy atom. The van der Waals surface area contributed by atoms with Crippen LogP contribution in [0.3, 0.4) is 0 Å². The highest BCUT2D eigenvalue weighted by Gasteiger charge is 2.21. The van der Waals surface area contributed by atoms with Crippen molar-refractivity contribution in [3.63, 3.8) is 0 Å². The van der Waals surface area contributed by atoms with Gasteiger partial charge in [0.05, 0.1) is 11.2 Å². The Morgan fingerprint density at radius 1 is 0.645 bits per heavy atom. The Balaban J connectivity index is 1.54. The van der Waals surface area contributed by atoms with E-state index in [4.69, 9.17) is 9.72 Å². The number of benzene rings is 4. The number of aromatic nitrogens is 1. The van der Waals surface area contributed by atoms with Gasteiger partial charge >= 0.3 is 0 Å². The number of hydrogen-bond donors (Lipinski definition) is 0. The zero-order valence-corrected chi connectivity index (χ0v) is 17.3. The number of pyridine rings is 1. The summed E-state index contributed by atoms with van der Waals surface area (Å²) in [5, 5.41) is 3.95. The summed E-state index contributed by atoms with van der Waals surface area (Å²) in [7, 11) is 0. The van der Waals surface area contributed by atoms with Crippen LogP contribution in [-0.2, 0) is 12.8 Å². The quantitative estimate of drug-likeness (QED) is 0.289. The van der Waals surface area contributed by atoms with Gasteiger partial charge in [0, 0.05) is 10.9 Å². The molecule has 6 rings (SSSR count). The second-order valence-corrected chi connectivity index (χ2v) is 8.25. The minimum atomic E-state index is 0.841. The Bertz CT molecular complexity index is 1410. The van der Waals surface area contributed by atoms with E-state index in [9.17, 15) is 0 Å². The molecule has 0 spiro atoms. The largest absolute Gasteiger partial charge is 0.457 e. The smallest absolute Gasteiger partial charge is 0.128 e. The molecule has 0 N–H and O–H groups in total. The Kier molecular flexibility index (Phi) is 4.42. The third kappa shape index (κ3) is 3.25. The Labute approximate surface area is 182 Å². The van der Waals surface area contributed by atoms with Crippen molar-refractivity contribution in [1.29, 1.82) is 0 Å². The van der Waals surface area contributed by atoms with Gasteiger partial charge in [0.1, 0.15) is 11.5 Å². The molecule has 0 bridgehead atoms. The topological polar surface area (TPSA) is 22.1 Å². The number of aryl methyl sites for hydroxylation is 1. The van der Waals surface area contributed by atoms with E-state index in [1.807, 2.05) is 36.4 Å². The van der Waals surface area contributed by atoms with Crippen LogP contribution < -0.4 is 4.74 Å². The van der Waals surface area contributed by atoms with Crippen molar-refractivity contribution in [2.75, 3.05) is 0 Å². The third-order valence-corrected chi connectivity index (χ3v) is 6.28. The maximum atomic E-state index is 6.10. The molecule has 0 saturated heterocycles.